The van der Waals surface area contributed by atoms with Gasteiger partial charge >= 0.3 is 0 Å². The van der Waals surface area contributed by atoms with Crippen molar-refractivity contribution in [3.05, 3.63) is 22.6 Å². The van der Waals surface area contributed by atoms with Gasteiger partial charge in [-0.25, -0.2) is 0 Å². The molecule has 0 saturated heterocycles. The number of carbonyl (C=O) groups is 1. The van der Waals surface area contributed by atoms with Crippen LogP contribution in [0.1, 0.15) is 36.5 Å². The zero-order chi connectivity index (χ0) is 12.7. The lowest BCUT2D eigenvalue weighted by atomic mass is 10.0. The van der Waals surface area contributed by atoms with Gasteiger partial charge in [-0.3, -0.25) is 4.79 Å². The molecule has 1 amide bonds. The van der Waals surface area contributed by atoms with E-state index in [4.69, 9.17) is 9.52 Å². The van der Waals surface area contributed by atoms with Gasteiger partial charge in [-0.1, -0.05) is 13.3 Å². The summed E-state index contributed by atoms with van der Waals surface area (Å²) in [6.45, 7) is 2.85. The van der Waals surface area contributed by atoms with Gasteiger partial charge in [0.1, 0.15) is 0 Å². The molecule has 1 heterocycles. The lowest BCUT2D eigenvalue weighted by molar-refractivity contribution is 0.0941. The van der Waals surface area contributed by atoms with Crippen molar-refractivity contribution in [2.75, 3.05) is 13.2 Å². The number of nitrogens with one attached hydrogen (secondary N) is 1. The first kappa shape index (κ1) is 14.3. The van der Waals surface area contributed by atoms with E-state index in [0.29, 0.717) is 22.7 Å². The average Bonchev–Trinajstić information content (AvgIpc) is 2.72. The number of aliphatic hydroxyl groups excluding tert-OH is 1. The number of amides is 1. The lowest BCUT2D eigenvalue weighted by Crippen LogP contribution is -2.29. The van der Waals surface area contributed by atoms with Crippen LogP contribution in [0.4, 0.5) is 0 Å². The average molecular weight is 304 g/mol. The Kier molecular flexibility index (Phi) is 6.29. The molecular weight excluding hydrogens is 286 g/mol. The van der Waals surface area contributed by atoms with Crippen LogP contribution in [0, 0.1) is 5.92 Å². The van der Waals surface area contributed by atoms with Gasteiger partial charge in [0.15, 0.2) is 4.67 Å². The number of hydrogen-bond donors (Lipinski definition) is 2. The SMILES string of the molecule is CCCC(CCO)CNC(=O)c1ccoc1Br. The Morgan fingerprint density at radius 1 is 1.59 bits per heavy atom. The highest BCUT2D eigenvalue weighted by Gasteiger charge is 2.14. The largest absolute Gasteiger partial charge is 0.457 e. The van der Waals surface area contributed by atoms with Crippen molar-refractivity contribution >= 4 is 21.8 Å². The van der Waals surface area contributed by atoms with Crippen molar-refractivity contribution in [1.29, 1.82) is 0 Å². The van der Waals surface area contributed by atoms with Crippen LogP contribution in [0.15, 0.2) is 21.4 Å². The van der Waals surface area contributed by atoms with E-state index in [1.165, 1.54) is 6.26 Å². The highest BCUT2D eigenvalue weighted by Crippen LogP contribution is 2.17. The fraction of sp³-hybridized carbons (Fsp3) is 0.583. The first-order chi connectivity index (χ1) is 8.19. The molecule has 0 spiro atoms. The molecule has 0 aliphatic rings. The highest BCUT2D eigenvalue weighted by atomic mass is 79.9. The minimum Gasteiger partial charge on any atom is -0.457 e. The van der Waals surface area contributed by atoms with E-state index in [9.17, 15) is 4.79 Å². The molecule has 0 saturated carbocycles. The smallest absolute Gasteiger partial charge is 0.255 e. The third-order valence-corrected chi connectivity index (χ3v) is 3.26. The van der Waals surface area contributed by atoms with Crippen LogP contribution in [-0.2, 0) is 0 Å². The van der Waals surface area contributed by atoms with Crippen LogP contribution in [0.3, 0.4) is 0 Å². The summed E-state index contributed by atoms with van der Waals surface area (Å²) >= 11 is 3.17. The summed E-state index contributed by atoms with van der Waals surface area (Å²) in [7, 11) is 0. The molecule has 17 heavy (non-hydrogen) atoms. The third-order valence-electron chi connectivity index (χ3n) is 2.65. The van der Waals surface area contributed by atoms with E-state index in [-0.39, 0.29) is 12.5 Å². The Labute approximate surface area is 110 Å². The summed E-state index contributed by atoms with van der Waals surface area (Å²) in [4.78, 5) is 11.8. The Balaban J connectivity index is 2.43. The molecule has 1 aromatic rings. The van der Waals surface area contributed by atoms with Crippen molar-refractivity contribution in [2.45, 2.75) is 26.2 Å². The summed E-state index contributed by atoms with van der Waals surface area (Å²) in [5.74, 6) is 0.185. The molecule has 1 atom stereocenters. The summed E-state index contributed by atoms with van der Waals surface area (Å²) < 4.78 is 5.45. The van der Waals surface area contributed by atoms with E-state index < -0.39 is 0 Å². The molecule has 0 aliphatic heterocycles. The van der Waals surface area contributed by atoms with E-state index in [1.807, 2.05) is 0 Å². The molecule has 5 heteroatoms. The van der Waals surface area contributed by atoms with Gasteiger partial charge in [-0.2, -0.15) is 0 Å². The standard InChI is InChI=1S/C12H18BrNO3/c1-2-3-9(4-6-15)8-14-12(16)10-5-7-17-11(10)13/h5,7,9,15H,2-4,6,8H2,1H3,(H,14,16). The highest BCUT2D eigenvalue weighted by molar-refractivity contribution is 9.10. The molecule has 0 aliphatic carbocycles. The summed E-state index contributed by atoms with van der Waals surface area (Å²) in [5, 5.41) is 11.8. The second-order valence-electron chi connectivity index (χ2n) is 3.98. The van der Waals surface area contributed by atoms with Crippen molar-refractivity contribution in [2.24, 2.45) is 5.92 Å². The topological polar surface area (TPSA) is 62.5 Å². The van der Waals surface area contributed by atoms with Crippen molar-refractivity contribution in [1.82, 2.24) is 5.32 Å². The monoisotopic (exact) mass is 303 g/mol. The van der Waals surface area contributed by atoms with Crippen LogP contribution in [0.2, 0.25) is 0 Å². The molecule has 4 nitrogen and oxygen atoms in total. The van der Waals surface area contributed by atoms with Crippen molar-refractivity contribution < 1.29 is 14.3 Å². The maximum Gasteiger partial charge on any atom is 0.255 e. The van der Waals surface area contributed by atoms with Crippen LogP contribution >= 0.6 is 15.9 Å². The van der Waals surface area contributed by atoms with Crippen molar-refractivity contribution in [3.63, 3.8) is 0 Å². The predicted molar refractivity (Wildman–Crippen MR) is 68.8 cm³/mol. The Bertz CT molecular complexity index is 345. The van der Waals surface area contributed by atoms with Gasteiger partial charge in [0.25, 0.3) is 5.91 Å². The molecular formula is C12H18BrNO3. The summed E-state index contributed by atoms with van der Waals surface area (Å²) in [6, 6.07) is 1.63. The fourth-order valence-electron chi connectivity index (χ4n) is 1.73. The van der Waals surface area contributed by atoms with Crippen LogP contribution in [-0.4, -0.2) is 24.2 Å². The van der Waals surface area contributed by atoms with Crippen LogP contribution < -0.4 is 5.32 Å². The second-order valence-corrected chi connectivity index (χ2v) is 4.71. The first-order valence-corrected chi connectivity index (χ1v) is 6.60. The summed E-state index contributed by atoms with van der Waals surface area (Å²) in [6.07, 6.45) is 4.25. The molecule has 1 unspecified atom stereocenters. The fourth-order valence-corrected chi connectivity index (χ4v) is 2.15. The van der Waals surface area contributed by atoms with Crippen LogP contribution in [0.25, 0.3) is 0 Å². The van der Waals surface area contributed by atoms with Gasteiger partial charge in [-0.15, -0.1) is 0 Å². The molecule has 96 valence electrons. The Morgan fingerprint density at radius 3 is 2.88 bits per heavy atom. The summed E-state index contributed by atoms with van der Waals surface area (Å²) in [5.41, 5.74) is 0.504. The van der Waals surface area contributed by atoms with Crippen molar-refractivity contribution in [3.8, 4) is 0 Å². The van der Waals surface area contributed by atoms with E-state index in [0.717, 1.165) is 19.3 Å². The van der Waals surface area contributed by atoms with Crippen LogP contribution in [0.5, 0.6) is 0 Å². The molecule has 1 aromatic heterocycles. The Morgan fingerprint density at radius 2 is 2.35 bits per heavy atom. The predicted octanol–water partition coefficient (Wildman–Crippen LogP) is 2.57. The third kappa shape index (κ3) is 4.52. The van der Waals surface area contributed by atoms with Gasteiger partial charge in [-0.05, 0) is 40.8 Å². The molecule has 0 bridgehead atoms. The minimum absolute atomic E-state index is 0.148. The van der Waals surface area contributed by atoms with E-state index >= 15 is 0 Å². The quantitative estimate of drug-likeness (QED) is 0.814. The van der Waals surface area contributed by atoms with E-state index in [1.54, 1.807) is 6.07 Å². The molecule has 0 aromatic carbocycles. The van der Waals surface area contributed by atoms with Gasteiger partial charge in [0.2, 0.25) is 0 Å². The zero-order valence-corrected chi connectivity index (χ0v) is 11.5. The zero-order valence-electron chi connectivity index (χ0n) is 9.91. The number of halogens is 1. The number of hydrogen-bond acceptors (Lipinski definition) is 3. The normalized spacial score (nSPS) is 12.4. The number of aliphatic hydroxyl groups is 1. The van der Waals surface area contributed by atoms with Gasteiger partial charge in [0.05, 0.1) is 11.8 Å². The minimum atomic E-state index is -0.148. The van der Waals surface area contributed by atoms with E-state index in [2.05, 4.69) is 28.2 Å². The second kappa shape index (κ2) is 7.50. The van der Waals surface area contributed by atoms with Gasteiger partial charge in [0, 0.05) is 13.2 Å². The molecule has 0 radical (unpaired) electrons. The molecule has 2 N–H and O–H groups in total. The number of furan rings is 1. The molecule has 0 fully saturated rings. The maximum atomic E-state index is 11.8. The Hall–Kier alpha value is -0.810. The first-order valence-electron chi connectivity index (χ1n) is 5.81. The number of rotatable bonds is 7. The maximum absolute atomic E-state index is 11.8. The lowest BCUT2D eigenvalue weighted by Gasteiger charge is -2.15. The molecule has 1 rings (SSSR count). The number of carbonyl (C=O) groups excluding carboxylic acids is 1. The van der Waals surface area contributed by atoms with Gasteiger partial charge < -0.3 is 14.8 Å².